The molecule has 42 heavy (non-hydrogen) atoms. The topological polar surface area (TPSA) is 93.7 Å². The molecular formula is C33H28BrN3O4S. The molecule has 0 radical (unpaired) electrons. The van der Waals surface area contributed by atoms with Gasteiger partial charge in [0.15, 0.2) is 11.4 Å². The average Bonchev–Trinajstić information content (AvgIpc) is 3.30. The van der Waals surface area contributed by atoms with Gasteiger partial charge < -0.3 is 9.47 Å². The van der Waals surface area contributed by atoms with Crippen molar-refractivity contribution in [2.45, 2.75) is 32.7 Å². The molecule has 3 aromatic carbocycles. The van der Waals surface area contributed by atoms with Crippen molar-refractivity contribution in [3.05, 3.63) is 125 Å². The Morgan fingerprint density at radius 2 is 1.88 bits per heavy atom. The monoisotopic (exact) mass is 641 g/mol. The number of fused-ring (bicyclic) bond motifs is 1. The third kappa shape index (κ3) is 5.87. The van der Waals surface area contributed by atoms with Crippen LogP contribution in [0.1, 0.15) is 55.0 Å². The van der Waals surface area contributed by atoms with Crippen LogP contribution in [-0.4, -0.2) is 23.8 Å². The number of esters is 1. The second kappa shape index (κ2) is 12.7. The van der Waals surface area contributed by atoms with Gasteiger partial charge >= 0.3 is 5.97 Å². The predicted molar refractivity (Wildman–Crippen MR) is 167 cm³/mol. The van der Waals surface area contributed by atoms with Gasteiger partial charge in [-0.25, -0.2) is 9.79 Å². The van der Waals surface area contributed by atoms with Crippen molar-refractivity contribution in [2.75, 3.05) is 13.2 Å². The number of hydrogen-bond acceptors (Lipinski definition) is 7. The summed E-state index contributed by atoms with van der Waals surface area (Å²) in [7, 11) is 0. The summed E-state index contributed by atoms with van der Waals surface area (Å²) in [5.41, 5.74) is 4.03. The Balaban J connectivity index is 1.75. The first-order chi connectivity index (χ1) is 20.3. The van der Waals surface area contributed by atoms with Crippen LogP contribution < -0.4 is 19.6 Å². The fourth-order valence-electron chi connectivity index (χ4n) is 4.80. The van der Waals surface area contributed by atoms with E-state index in [9.17, 15) is 9.59 Å². The number of carbonyl (C=O) groups is 1. The summed E-state index contributed by atoms with van der Waals surface area (Å²) in [6, 6.07) is 24.1. The molecular weight excluding hydrogens is 614 g/mol. The molecule has 0 unspecified atom stereocenters. The highest BCUT2D eigenvalue weighted by molar-refractivity contribution is 9.10. The van der Waals surface area contributed by atoms with E-state index in [2.05, 4.69) is 29.8 Å². The maximum Gasteiger partial charge on any atom is 0.338 e. The molecule has 4 aromatic rings. The SMILES string of the molecule is CCOC(=O)C1=C(c2ccccc2)N=c2s/c(=C\c3ccc(OCC#N)c(Br)c3)c(=O)n2[C@@H]1c1ccc(C(C)C)cc1. The number of nitriles is 1. The number of nitrogens with zero attached hydrogens (tertiary/aromatic N) is 3. The summed E-state index contributed by atoms with van der Waals surface area (Å²) in [5, 5.41) is 8.82. The third-order valence-electron chi connectivity index (χ3n) is 6.84. The van der Waals surface area contributed by atoms with Crippen LogP contribution in [0, 0.1) is 11.3 Å². The van der Waals surface area contributed by atoms with E-state index in [4.69, 9.17) is 19.7 Å². The molecule has 9 heteroatoms. The second-order valence-electron chi connectivity index (χ2n) is 9.89. The Bertz CT molecular complexity index is 1880. The first kappa shape index (κ1) is 29.2. The molecule has 1 aliphatic rings. The quantitative estimate of drug-likeness (QED) is 0.229. The van der Waals surface area contributed by atoms with Crippen LogP contribution in [0.5, 0.6) is 5.75 Å². The van der Waals surface area contributed by atoms with E-state index in [1.54, 1.807) is 23.6 Å². The van der Waals surface area contributed by atoms with E-state index in [1.807, 2.05) is 72.8 Å². The Morgan fingerprint density at radius 1 is 1.14 bits per heavy atom. The molecule has 5 rings (SSSR count). The predicted octanol–water partition coefficient (Wildman–Crippen LogP) is 5.72. The summed E-state index contributed by atoms with van der Waals surface area (Å²) >= 11 is 4.75. The number of thiazole rings is 1. The van der Waals surface area contributed by atoms with E-state index in [0.717, 1.165) is 22.3 Å². The van der Waals surface area contributed by atoms with Crippen molar-refractivity contribution in [2.24, 2.45) is 4.99 Å². The highest BCUT2D eigenvalue weighted by atomic mass is 79.9. The number of aromatic nitrogens is 1. The Hall–Kier alpha value is -4.26. The number of carbonyl (C=O) groups excluding carboxylic acids is 1. The van der Waals surface area contributed by atoms with Gasteiger partial charge in [0.25, 0.3) is 5.56 Å². The molecule has 1 aliphatic heterocycles. The van der Waals surface area contributed by atoms with Crippen LogP contribution in [0.25, 0.3) is 11.8 Å². The number of halogens is 1. The fraction of sp³-hybridized carbons (Fsp3) is 0.212. The highest BCUT2D eigenvalue weighted by Gasteiger charge is 2.35. The van der Waals surface area contributed by atoms with Crippen LogP contribution in [-0.2, 0) is 9.53 Å². The largest absolute Gasteiger partial charge is 0.478 e. The number of rotatable bonds is 8. The lowest BCUT2D eigenvalue weighted by molar-refractivity contribution is -0.138. The van der Waals surface area contributed by atoms with Gasteiger partial charge in [0.1, 0.15) is 11.8 Å². The lowest BCUT2D eigenvalue weighted by Crippen LogP contribution is -2.40. The molecule has 0 bridgehead atoms. The maximum absolute atomic E-state index is 14.1. The summed E-state index contributed by atoms with van der Waals surface area (Å²) < 4.78 is 13.7. The molecule has 0 N–H and O–H groups in total. The van der Waals surface area contributed by atoms with Crippen molar-refractivity contribution >= 4 is 45.0 Å². The smallest absolute Gasteiger partial charge is 0.338 e. The molecule has 2 heterocycles. The lowest BCUT2D eigenvalue weighted by Gasteiger charge is -2.26. The molecule has 0 saturated carbocycles. The minimum atomic E-state index is -0.729. The van der Waals surface area contributed by atoms with E-state index < -0.39 is 12.0 Å². The molecule has 212 valence electrons. The van der Waals surface area contributed by atoms with Crippen molar-refractivity contribution in [3.63, 3.8) is 0 Å². The van der Waals surface area contributed by atoms with Crippen LogP contribution in [0.3, 0.4) is 0 Å². The van der Waals surface area contributed by atoms with Gasteiger partial charge in [-0.3, -0.25) is 9.36 Å². The normalized spacial score (nSPS) is 14.8. The van der Waals surface area contributed by atoms with Crippen molar-refractivity contribution in [1.29, 1.82) is 5.26 Å². The summed E-state index contributed by atoms with van der Waals surface area (Å²) in [4.78, 5) is 33.1. The van der Waals surface area contributed by atoms with Crippen LogP contribution in [0.2, 0.25) is 0 Å². The van der Waals surface area contributed by atoms with E-state index >= 15 is 0 Å². The molecule has 0 saturated heterocycles. The number of ether oxygens (including phenoxy) is 2. The summed E-state index contributed by atoms with van der Waals surface area (Å²) in [5.74, 6) is 0.354. The van der Waals surface area contributed by atoms with Gasteiger partial charge in [0.2, 0.25) is 0 Å². The standard InChI is InChI=1S/C33H28BrN3O4S/c1-4-40-32(39)28-29(23-8-6-5-7-9-23)36-33-37(30(28)24-13-11-22(12-14-24)20(2)3)31(38)27(42-33)19-21-10-15-26(25(34)18-21)41-17-16-35/h5-15,18-20,30H,4,17H2,1-3H3/b27-19-/t30-/m1/s1. The first-order valence-electron chi connectivity index (χ1n) is 13.5. The fourth-order valence-corrected chi connectivity index (χ4v) is 6.32. The van der Waals surface area contributed by atoms with E-state index in [1.165, 1.54) is 11.3 Å². The summed E-state index contributed by atoms with van der Waals surface area (Å²) in [6.45, 7) is 6.13. The van der Waals surface area contributed by atoms with Gasteiger partial charge in [-0.2, -0.15) is 5.26 Å². The average molecular weight is 643 g/mol. The van der Waals surface area contributed by atoms with Gasteiger partial charge in [-0.05, 0) is 63.7 Å². The number of hydrogen-bond donors (Lipinski definition) is 0. The van der Waals surface area contributed by atoms with Crippen molar-refractivity contribution in [1.82, 2.24) is 4.57 Å². The molecule has 0 aliphatic carbocycles. The number of benzene rings is 3. The van der Waals surface area contributed by atoms with Crippen molar-refractivity contribution < 1.29 is 14.3 Å². The second-order valence-corrected chi connectivity index (χ2v) is 11.8. The minimum Gasteiger partial charge on any atom is -0.478 e. The van der Waals surface area contributed by atoms with Gasteiger partial charge in [-0.15, -0.1) is 0 Å². The molecule has 7 nitrogen and oxygen atoms in total. The van der Waals surface area contributed by atoms with Gasteiger partial charge in [0.05, 0.1) is 32.9 Å². The molecule has 1 aromatic heterocycles. The molecule has 1 atom stereocenters. The lowest BCUT2D eigenvalue weighted by atomic mass is 9.91. The third-order valence-corrected chi connectivity index (χ3v) is 8.44. The van der Waals surface area contributed by atoms with Gasteiger partial charge in [-0.1, -0.05) is 85.8 Å². The Morgan fingerprint density at radius 3 is 2.52 bits per heavy atom. The zero-order valence-electron chi connectivity index (χ0n) is 23.3. The van der Waals surface area contributed by atoms with Crippen LogP contribution >= 0.6 is 27.3 Å². The van der Waals surface area contributed by atoms with Crippen molar-refractivity contribution in [3.8, 4) is 11.8 Å². The maximum atomic E-state index is 14.1. The minimum absolute atomic E-state index is 0.0682. The van der Waals surface area contributed by atoms with Crippen LogP contribution in [0.15, 0.2) is 92.6 Å². The van der Waals surface area contributed by atoms with Crippen LogP contribution in [0.4, 0.5) is 0 Å². The Kier molecular flexibility index (Phi) is 8.86. The molecule has 0 spiro atoms. The highest BCUT2D eigenvalue weighted by Crippen LogP contribution is 2.35. The van der Waals surface area contributed by atoms with E-state index in [0.29, 0.717) is 36.7 Å². The van der Waals surface area contributed by atoms with E-state index in [-0.39, 0.29) is 18.8 Å². The molecule has 0 fully saturated rings. The summed E-state index contributed by atoms with van der Waals surface area (Å²) in [6.07, 6.45) is 1.79. The zero-order valence-corrected chi connectivity index (χ0v) is 25.7. The zero-order chi connectivity index (χ0) is 29.8. The first-order valence-corrected chi connectivity index (χ1v) is 15.1. The molecule has 0 amide bonds. The Labute approximate surface area is 255 Å². The van der Waals surface area contributed by atoms with Gasteiger partial charge in [0, 0.05) is 5.56 Å².